The first-order valence-corrected chi connectivity index (χ1v) is 8.33. The summed E-state index contributed by atoms with van der Waals surface area (Å²) in [5, 5.41) is 1.36. The van der Waals surface area contributed by atoms with Crippen molar-refractivity contribution >= 4 is 23.2 Å². The van der Waals surface area contributed by atoms with E-state index in [-0.39, 0.29) is 0 Å². The number of hydrogen-bond acceptors (Lipinski definition) is 1. The van der Waals surface area contributed by atoms with E-state index >= 15 is 0 Å². The fraction of sp³-hybridized carbons (Fsp3) is 0.412. The van der Waals surface area contributed by atoms with Gasteiger partial charge in [-0.1, -0.05) is 36.0 Å². The predicted molar refractivity (Wildman–Crippen MR) is 89.5 cm³/mol. The SMILES string of the molecule is Clc1ccc(-n2cccc2CN2CCCCCC2)c(Cl)c1. The number of benzene rings is 1. The van der Waals surface area contributed by atoms with Crippen LogP contribution in [0.3, 0.4) is 0 Å². The minimum Gasteiger partial charge on any atom is -0.318 e. The Balaban J connectivity index is 1.83. The average molecular weight is 323 g/mol. The van der Waals surface area contributed by atoms with Crippen molar-refractivity contribution in [3.63, 3.8) is 0 Å². The van der Waals surface area contributed by atoms with E-state index in [1.165, 1.54) is 44.5 Å². The van der Waals surface area contributed by atoms with Crippen LogP contribution in [0.15, 0.2) is 36.5 Å². The summed E-state index contributed by atoms with van der Waals surface area (Å²) in [4.78, 5) is 2.54. The molecule has 2 heterocycles. The van der Waals surface area contributed by atoms with E-state index in [0.29, 0.717) is 10.0 Å². The molecule has 1 aromatic carbocycles. The van der Waals surface area contributed by atoms with Gasteiger partial charge in [-0.25, -0.2) is 0 Å². The van der Waals surface area contributed by atoms with Crippen LogP contribution in [-0.2, 0) is 6.54 Å². The molecule has 0 amide bonds. The van der Waals surface area contributed by atoms with Crippen LogP contribution in [0, 0.1) is 0 Å². The first-order chi connectivity index (χ1) is 10.2. The van der Waals surface area contributed by atoms with Gasteiger partial charge in [0.2, 0.25) is 0 Å². The summed E-state index contributed by atoms with van der Waals surface area (Å²) < 4.78 is 2.17. The quantitative estimate of drug-likeness (QED) is 0.757. The molecule has 1 aliphatic heterocycles. The van der Waals surface area contributed by atoms with E-state index in [4.69, 9.17) is 23.2 Å². The third kappa shape index (κ3) is 3.63. The van der Waals surface area contributed by atoms with Gasteiger partial charge in [-0.15, -0.1) is 0 Å². The average Bonchev–Trinajstić information content (AvgIpc) is 2.74. The summed E-state index contributed by atoms with van der Waals surface area (Å²) in [6, 6.07) is 9.93. The van der Waals surface area contributed by atoms with Crippen molar-refractivity contribution in [3.05, 3.63) is 52.3 Å². The minimum absolute atomic E-state index is 0.671. The van der Waals surface area contributed by atoms with Gasteiger partial charge in [-0.3, -0.25) is 4.90 Å². The molecule has 21 heavy (non-hydrogen) atoms. The van der Waals surface area contributed by atoms with Crippen molar-refractivity contribution in [2.45, 2.75) is 32.2 Å². The Morgan fingerprint density at radius 2 is 1.71 bits per heavy atom. The molecule has 0 radical (unpaired) electrons. The Kier molecular flexibility index (Phi) is 4.89. The molecule has 2 aromatic rings. The highest BCUT2D eigenvalue weighted by molar-refractivity contribution is 6.35. The Morgan fingerprint density at radius 1 is 0.952 bits per heavy atom. The molecule has 112 valence electrons. The number of hydrogen-bond donors (Lipinski definition) is 0. The second kappa shape index (κ2) is 6.87. The molecule has 1 saturated heterocycles. The Morgan fingerprint density at radius 3 is 2.43 bits per heavy atom. The number of halogens is 2. The van der Waals surface area contributed by atoms with E-state index in [2.05, 4.69) is 27.8 Å². The van der Waals surface area contributed by atoms with Gasteiger partial charge in [-0.2, -0.15) is 0 Å². The number of nitrogens with zero attached hydrogens (tertiary/aromatic N) is 2. The van der Waals surface area contributed by atoms with Crippen molar-refractivity contribution in [2.75, 3.05) is 13.1 Å². The molecule has 0 N–H and O–H groups in total. The molecule has 4 heteroatoms. The summed E-state index contributed by atoms with van der Waals surface area (Å²) in [5.74, 6) is 0. The van der Waals surface area contributed by atoms with E-state index in [1.54, 1.807) is 6.07 Å². The highest BCUT2D eigenvalue weighted by atomic mass is 35.5. The van der Waals surface area contributed by atoms with Crippen LogP contribution in [0.5, 0.6) is 0 Å². The smallest absolute Gasteiger partial charge is 0.0661 e. The predicted octanol–water partition coefficient (Wildman–Crippen LogP) is 5.16. The summed E-state index contributed by atoms with van der Waals surface area (Å²) in [6.07, 6.45) is 7.41. The Bertz CT molecular complexity index is 599. The molecule has 0 aliphatic carbocycles. The van der Waals surface area contributed by atoms with Crippen LogP contribution in [0.2, 0.25) is 10.0 Å². The number of rotatable bonds is 3. The summed E-state index contributed by atoms with van der Waals surface area (Å²) in [5.41, 5.74) is 2.28. The maximum Gasteiger partial charge on any atom is 0.0661 e. The molecule has 1 aliphatic rings. The molecule has 2 nitrogen and oxygen atoms in total. The third-order valence-corrected chi connectivity index (χ3v) is 4.62. The molecule has 0 atom stereocenters. The van der Waals surface area contributed by atoms with Crippen molar-refractivity contribution in [2.24, 2.45) is 0 Å². The van der Waals surface area contributed by atoms with Gasteiger partial charge in [-0.05, 0) is 56.3 Å². The van der Waals surface area contributed by atoms with Crippen LogP contribution in [-0.4, -0.2) is 22.6 Å². The first kappa shape index (κ1) is 15.0. The zero-order valence-corrected chi connectivity index (χ0v) is 13.6. The topological polar surface area (TPSA) is 8.17 Å². The Hall–Kier alpha value is -0.960. The summed E-state index contributed by atoms with van der Waals surface area (Å²) in [6.45, 7) is 3.37. The Labute approximate surface area is 136 Å². The van der Waals surface area contributed by atoms with E-state index in [0.717, 1.165) is 12.2 Å². The van der Waals surface area contributed by atoms with Gasteiger partial charge in [0.1, 0.15) is 0 Å². The van der Waals surface area contributed by atoms with Crippen molar-refractivity contribution in [1.82, 2.24) is 9.47 Å². The third-order valence-electron chi connectivity index (χ3n) is 4.09. The van der Waals surface area contributed by atoms with Gasteiger partial charge in [0.15, 0.2) is 0 Å². The van der Waals surface area contributed by atoms with Crippen LogP contribution in [0.25, 0.3) is 5.69 Å². The molecule has 1 fully saturated rings. The monoisotopic (exact) mass is 322 g/mol. The highest BCUT2D eigenvalue weighted by Gasteiger charge is 2.13. The minimum atomic E-state index is 0.671. The lowest BCUT2D eigenvalue weighted by Gasteiger charge is -2.21. The van der Waals surface area contributed by atoms with Crippen molar-refractivity contribution in [1.29, 1.82) is 0 Å². The van der Waals surface area contributed by atoms with Crippen LogP contribution in [0.4, 0.5) is 0 Å². The van der Waals surface area contributed by atoms with Crippen molar-refractivity contribution in [3.8, 4) is 5.69 Å². The first-order valence-electron chi connectivity index (χ1n) is 7.58. The van der Waals surface area contributed by atoms with E-state index in [1.807, 2.05) is 12.1 Å². The lowest BCUT2D eigenvalue weighted by Crippen LogP contribution is -2.25. The normalized spacial score (nSPS) is 16.9. The number of likely N-dealkylation sites (tertiary alicyclic amines) is 1. The molecular formula is C17H20Cl2N2. The van der Waals surface area contributed by atoms with E-state index < -0.39 is 0 Å². The summed E-state index contributed by atoms with van der Waals surface area (Å²) in [7, 11) is 0. The summed E-state index contributed by atoms with van der Waals surface area (Å²) >= 11 is 12.3. The molecule has 0 saturated carbocycles. The lowest BCUT2D eigenvalue weighted by molar-refractivity contribution is 0.272. The molecule has 0 unspecified atom stereocenters. The maximum absolute atomic E-state index is 6.34. The van der Waals surface area contributed by atoms with Gasteiger partial charge in [0, 0.05) is 23.5 Å². The van der Waals surface area contributed by atoms with Crippen LogP contribution >= 0.6 is 23.2 Å². The number of aromatic nitrogens is 1. The largest absolute Gasteiger partial charge is 0.318 e. The van der Waals surface area contributed by atoms with Crippen LogP contribution in [0.1, 0.15) is 31.4 Å². The fourth-order valence-electron chi connectivity index (χ4n) is 2.98. The second-order valence-corrected chi connectivity index (χ2v) is 6.50. The second-order valence-electron chi connectivity index (χ2n) is 5.66. The molecule has 0 bridgehead atoms. The van der Waals surface area contributed by atoms with Crippen LogP contribution < -0.4 is 0 Å². The lowest BCUT2D eigenvalue weighted by atomic mass is 10.2. The fourth-order valence-corrected chi connectivity index (χ4v) is 3.48. The molecule has 1 aromatic heterocycles. The van der Waals surface area contributed by atoms with Gasteiger partial charge >= 0.3 is 0 Å². The molecule has 0 spiro atoms. The van der Waals surface area contributed by atoms with Gasteiger partial charge < -0.3 is 4.57 Å². The van der Waals surface area contributed by atoms with E-state index in [9.17, 15) is 0 Å². The molecule has 3 rings (SSSR count). The zero-order chi connectivity index (χ0) is 14.7. The highest BCUT2D eigenvalue weighted by Crippen LogP contribution is 2.26. The maximum atomic E-state index is 6.34. The molecular weight excluding hydrogens is 303 g/mol. The zero-order valence-electron chi connectivity index (χ0n) is 12.1. The van der Waals surface area contributed by atoms with Crippen molar-refractivity contribution < 1.29 is 0 Å². The van der Waals surface area contributed by atoms with Gasteiger partial charge in [0.25, 0.3) is 0 Å². The standard InChI is InChI=1S/C17H20Cl2N2/c18-14-7-8-17(16(19)12-14)21-11-5-6-15(21)13-20-9-3-1-2-4-10-20/h5-8,11-12H,1-4,9-10,13H2. The van der Waals surface area contributed by atoms with Gasteiger partial charge in [0.05, 0.1) is 10.7 Å².